The molecule has 0 saturated carbocycles. The molecule has 0 aliphatic heterocycles. The van der Waals surface area contributed by atoms with Crippen molar-refractivity contribution < 1.29 is 19.1 Å². The maximum absolute atomic E-state index is 12.7. The molecular formula is C16H21N3O4. The number of ether oxygens (including phenoxy) is 1. The van der Waals surface area contributed by atoms with E-state index >= 15 is 0 Å². The lowest BCUT2D eigenvalue weighted by Gasteiger charge is -2.27. The van der Waals surface area contributed by atoms with Gasteiger partial charge in [-0.1, -0.05) is 18.2 Å². The van der Waals surface area contributed by atoms with Crippen molar-refractivity contribution in [2.24, 2.45) is 10.2 Å². The van der Waals surface area contributed by atoms with Crippen LogP contribution in [0.1, 0.15) is 27.7 Å². The Morgan fingerprint density at radius 2 is 1.70 bits per heavy atom. The lowest BCUT2D eigenvalue weighted by molar-refractivity contribution is -0.127. The summed E-state index contributed by atoms with van der Waals surface area (Å²) < 4.78 is 5.27. The summed E-state index contributed by atoms with van der Waals surface area (Å²) in [5.41, 5.74) is -0.494. The van der Waals surface area contributed by atoms with Crippen LogP contribution in [0.15, 0.2) is 40.6 Å². The van der Waals surface area contributed by atoms with E-state index < -0.39 is 29.4 Å². The van der Waals surface area contributed by atoms with Crippen LogP contribution in [-0.2, 0) is 14.3 Å². The molecule has 0 aliphatic carbocycles. The maximum Gasteiger partial charge on any atom is 0.421 e. The number of hydrogen-bond donors (Lipinski definition) is 0. The van der Waals surface area contributed by atoms with Crippen LogP contribution >= 0.6 is 0 Å². The van der Waals surface area contributed by atoms with Crippen molar-refractivity contribution in [3.8, 4) is 0 Å². The number of carbonyl (C=O) groups excluding carboxylic acids is 3. The van der Waals surface area contributed by atoms with E-state index in [0.29, 0.717) is 5.69 Å². The number of carbonyl (C=O) groups is 3. The number of amides is 2. The Morgan fingerprint density at radius 3 is 2.13 bits per heavy atom. The van der Waals surface area contributed by atoms with Crippen molar-refractivity contribution in [1.29, 1.82) is 0 Å². The van der Waals surface area contributed by atoms with Gasteiger partial charge in [0.2, 0.25) is 6.04 Å². The minimum absolute atomic E-state index is 0.296. The number of nitrogens with zero attached hydrogens (tertiary/aromatic N) is 3. The standard InChI is InChI=1S/C16H21N3O4/c1-11(20)13(18-17-5)14(21)19(12-9-7-6-8-10-12)15(22)23-16(2,3)4/h6-10,13H,1-5H3. The Kier molecular flexibility index (Phi) is 6.12. The molecule has 0 fully saturated rings. The lowest BCUT2D eigenvalue weighted by atomic mass is 10.1. The van der Waals surface area contributed by atoms with Crippen LogP contribution in [0.4, 0.5) is 10.5 Å². The second kappa shape index (κ2) is 7.62. The number of imide groups is 1. The highest BCUT2D eigenvalue weighted by Crippen LogP contribution is 2.20. The third-order valence-electron chi connectivity index (χ3n) is 2.66. The largest absolute Gasteiger partial charge is 0.443 e. The van der Waals surface area contributed by atoms with Crippen molar-refractivity contribution >= 4 is 23.5 Å². The Balaban J connectivity index is 3.26. The summed E-state index contributed by atoms with van der Waals surface area (Å²) in [5.74, 6) is -1.31. The molecule has 2 amide bonds. The first-order valence-electron chi connectivity index (χ1n) is 7.08. The molecule has 0 N–H and O–H groups in total. The van der Waals surface area contributed by atoms with E-state index in [1.165, 1.54) is 14.0 Å². The van der Waals surface area contributed by atoms with Crippen molar-refractivity contribution in [2.75, 3.05) is 11.9 Å². The number of benzene rings is 1. The zero-order valence-electron chi connectivity index (χ0n) is 13.9. The minimum atomic E-state index is -1.38. The van der Waals surface area contributed by atoms with Gasteiger partial charge in [-0.15, -0.1) is 0 Å². The molecule has 0 bridgehead atoms. The number of Topliss-reactive ketones (excluding diaryl/α,β-unsaturated/α-hetero) is 1. The third-order valence-corrected chi connectivity index (χ3v) is 2.66. The zero-order chi connectivity index (χ0) is 17.6. The van der Waals surface area contributed by atoms with Gasteiger partial charge >= 0.3 is 6.09 Å². The second-order valence-electron chi connectivity index (χ2n) is 5.82. The molecule has 0 spiro atoms. The van der Waals surface area contributed by atoms with E-state index in [-0.39, 0.29) is 0 Å². The molecule has 7 heteroatoms. The normalized spacial score (nSPS) is 12.7. The number of para-hydroxylation sites is 1. The van der Waals surface area contributed by atoms with Gasteiger partial charge in [0.15, 0.2) is 5.78 Å². The number of hydrogen-bond acceptors (Lipinski definition) is 6. The first kappa shape index (κ1) is 18.5. The molecule has 0 saturated heterocycles. The predicted molar refractivity (Wildman–Crippen MR) is 85.4 cm³/mol. The fourth-order valence-corrected chi connectivity index (χ4v) is 1.75. The summed E-state index contributed by atoms with van der Waals surface area (Å²) in [4.78, 5) is 37.6. The summed E-state index contributed by atoms with van der Waals surface area (Å²) in [7, 11) is 1.35. The van der Waals surface area contributed by atoms with Gasteiger partial charge in [-0.3, -0.25) is 9.59 Å². The van der Waals surface area contributed by atoms with E-state index in [1.54, 1.807) is 51.1 Å². The molecule has 1 unspecified atom stereocenters. The molecule has 7 nitrogen and oxygen atoms in total. The smallest absolute Gasteiger partial charge is 0.421 e. The Hall–Kier alpha value is -2.57. The van der Waals surface area contributed by atoms with Crippen LogP contribution in [0.25, 0.3) is 0 Å². The number of rotatable bonds is 4. The molecule has 124 valence electrons. The highest BCUT2D eigenvalue weighted by atomic mass is 16.6. The van der Waals surface area contributed by atoms with Gasteiger partial charge in [0, 0.05) is 7.05 Å². The van der Waals surface area contributed by atoms with E-state index in [4.69, 9.17) is 4.74 Å². The predicted octanol–water partition coefficient (Wildman–Crippen LogP) is 2.99. The number of ketones is 1. The van der Waals surface area contributed by atoms with Gasteiger partial charge in [0.05, 0.1) is 5.69 Å². The average Bonchev–Trinajstić information content (AvgIpc) is 2.43. The zero-order valence-corrected chi connectivity index (χ0v) is 13.9. The van der Waals surface area contributed by atoms with Gasteiger partial charge in [-0.05, 0) is 39.8 Å². The van der Waals surface area contributed by atoms with Gasteiger partial charge in [-0.2, -0.15) is 10.2 Å². The molecule has 1 aromatic rings. The van der Waals surface area contributed by atoms with E-state index in [9.17, 15) is 14.4 Å². The lowest BCUT2D eigenvalue weighted by Crippen LogP contribution is -2.47. The molecule has 23 heavy (non-hydrogen) atoms. The fraction of sp³-hybridized carbons (Fsp3) is 0.438. The molecule has 0 aromatic heterocycles. The van der Waals surface area contributed by atoms with Crippen LogP contribution in [0.3, 0.4) is 0 Å². The highest BCUT2D eigenvalue weighted by Gasteiger charge is 2.35. The molecule has 0 aliphatic rings. The summed E-state index contributed by atoms with van der Waals surface area (Å²) in [6.07, 6.45) is -0.869. The summed E-state index contributed by atoms with van der Waals surface area (Å²) in [6, 6.07) is 6.85. The first-order valence-corrected chi connectivity index (χ1v) is 7.08. The van der Waals surface area contributed by atoms with Gasteiger partial charge in [0.1, 0.15) is 5.60 Å². The fourth-order valence-electron chi connectivity index (χ4n) is 1.75. The maximum atomic E-state index is 12.7. The minimum Gasteiger partial charge on any atom is -0.443 e. The molecule has 1 atom stereocenters. The molecule has 1 rings (SSSR count). The van der Waals surface area contributed by atoms with Gasteiger partial charge < -0.3 is 4.74 Å². The topological polar surface area (TPSA) is 88.4 Å². The van der Waals surface area contributed by atoms with Crippen LogP contribution in [0.2, 0.25) is 0 Å². The first-order chi connectivity index (χ1) is 10.7. The van der Waals surface area contributed by atoms with Crippen molar-refractivity contribution in [2.45, 2.75) is 39.3 Å². The Morgan fingerprint density at radius 1 is 1.13 bits per heavy atom. The summed E-state index contributed by atoms with van der Waals surface area (Å²) in [5, 5.41) is 7.12. The van der Waals surface area contributed by atoms with Gasteiger partial charge in [-0.25, -0.2) is 9.69 Å². The monoisotopic (exact) mass is 319 g/mol. The molecule has 1 aromatic carbocycles. The van der Waals surface area contributed by atoms with Crippen molar-refractivity contribution in [3.05, 3.63) is 30.3 Å². The van der Waals surface area contributed by atoms with Crippen LogP contribution in [-0.4, -0.2) is 36.5 Å². The van der Waals surface area contributed by atoms with Crippen LogP contribution < -0.4 is 4.90 Å². The quantitative estimate of drug-likeness (QED) is 0.630. The van der Waals surface area contributed by atoms with E-state index in [0.717, 1.165) is 4.90 Å². The molecule has 0 radical (unpaired) electrons. The average molecular weight is 319 g/mol. The highest BCUT2D eigenvalue weighted by molar-refractivity contribution is 6.20. The summed E-state index contributed by atoms with van der Waals surface area (Å²) >= 11 is 0. The van der Waals surface area contributed by atoms with Crippen molar-refractivity contribution in [3.63, 3.8) is 0 Å². The van der Waals surface area contributed by atoms with Crippen molar-refractivity contribution in [1.82, 2.24) is 0 Å². The van der Waals surface area contributed by atoms with E-state index in [2.05, 4.69) is 10.2 Å². The van der Waals surface area contributed by atoms with Gasteiger partial charge in [0.25, 0.3) is 5.91 Å². The number of azo groups is 1. The Labute approximate surface area is 135 Å². The summed E-state index contributed by atoms with van der Waals surface area (Å²) in [6.45, 7) is 6.28. The van der Waals surface area contributed by atoms with E-state index in [1.807, 2.05) is 0 Å². The number of anilines is 1. The van der Waals surface area contributed by atoms with Crippen LogP contribution in [0.5, 0.6) is 0 Å². The Bertz CT molecular complexity index is 606. The molecular weight excluding hydrogens is 298 g/mol. The second-order valence-corrected chi connectivity index (χ2v) is 5.82. The SMILES string of the molecule is CN=NC(C(C)=O)C(=O)N(C(=O)OC(C)(C)C)c1ccccc1. The molecule has 0 heterocycles. The third kappa shape index (κ3) is 5.28. The van der Waals surface area contributed by atoms with Crippen LogP contribution in [0, 0.1) is 0 Å².